The summed E-state index contributed by atoms with van der Waals surface area (Å²) in [6, 6.07) is 2.59. The van der Waals surface area contributed by atoms with Gasteiger partial charge in [-0.25, -0.2) is 26.7 Å². The highest BCUT2D eigenvalue weighted by molar-refractivity contribution is 7.92. The van der Waals surface area contributed by atoms with Crippen molar-refractivity contribution >= 4 is 25.7 Å². The Morgan fingerprint density at radius 1 is 1.25 bits per heavy atom. The normalized spacial score (nSPS) is 16.1. The van der Waals surface area contributed by atoms with Crippen molar-refractivity contribution in [3.63, 3.8) is 0 Å². The Hall–Kier alpha value is -2.47. The molecule has 0 saturated carbocycles. The van der Waals surface area contributed by atoms with Crippen LogP contribution in [-0.2, 0) is 20.0 Å². The maximum atomic E-state index is 12.9. The van der Waals surface area contributed by atoms with Gasteiger partial charge in [0.1, 0.15) is 9.79 Å². The number of sulfonamides is 2. The van der Waals surface area contributed by atoms with Crippen LogP contribution in [0.5, 0.6) is 0 Å². The number of anilines is 1. The number of rotatable bonds is 9. The first-order valence-corrected chi connectivity index (χ1v) is 12.6. The lowest BCUT2D eigenvalue weighted by Gasteiger charge is -2.30. The van der Waals surface area contributed by atoms with E-state index < -0.39 is 42.5 Å². The zero-order chi connectivity index (χ0) is 23.5. The quantitative estimate of drug-likeness (QED) is 0.198. The average molecular weight is 488 g/mol. The van der Waals surface area contributed by atoms with Crippen LogP contribution in [-0.4, -0.2) is 81.4 Å². The maximum absolute atomic E-state index is 12.9. The highest BCUT2D eigenvalue weighted by atomic mass is 32.2. The first kappa shape index (κ1) is 24.2. The second-order valence-corrected chi connectivity index (χ2v) is 10.3. The van der Waals surface area contributed by atoms with Crippen LogP contribution >= 0.6 is 0 Å². The number of nitrogens with two attached hydrogens (primary N) is 3. The summed E-state index contributed by atoms with van der Waals surface area (Å²) in [5.74, 6) is -0.142. The molecule has 0 fully saturated rings. The molecular formula is C16H25N9O5S2. The second kappa shape index (κ2) is 9.57. The van der Waals surface area contributed by atoms with Gasteiger partial charge in [0, 0.05) is 38.4 Å². The molecule has 0 saturated heterocycles. The second-order valence-electron chi connectivity index (χ2n) is 7.07. The van der Waals surface area contributed by atoms with E-state index in [1.165, 1.54) is 6.07 Å². The standard InChI is InChI=1S/C16H25N9O5S2/c17-7-10-3-5-25(6-4-10)12-1-2-13(32(29,30)20-9-11(26)8-18)15(31(19,27)28)14(12)16-21-23-24-22-16/h1-3,11,20,26H,4-9,17-18H2,(H2,19,27,28)(H,21,22,23,24). The van der Waals surface area contributed by atoms with Gasteiger partial charge in [0.05, 0.1) is 11.7 Å². The number of aliphatic hydroxyl groups is 1. The third-order valence-corrected chi connectivity index (χ3v) is 7.52. The van der Waals surface area contributed by atoms with Crippen molar-refractivity contribution < 1.29 is 21.9 Å². The van der Waals surface area contributed by atoms with E-state index in [2.05, 4.69) is 25.3 Å². The van der Waals surface area contributed by atoms with Crippen LogP contribution < -0.4 is 26.2 Å². The number of primary sulfonamides is 1. The van der Waals surface area contributed by atoms with Crippen molar-refractivity contribution in [2.45, 2.75) is 22.3 Å². The molecule has 14 nitrogen and oxygen atoms in total. The molecule has 1 aliphatic rings. The fourth-order valence-corrected chi connectivity index (χ4v) is 5.94. The van der Waals surface area contributed by atoms with E-state index in [0.29, 0.717) is 31.7 Å². The number of hydrogen-bond acceptors (Lipinski definition) is 11. The van der Waals surface area contributed by atoms with Crippen LogP contribution in [0.1, 0.15) is 6.42 Å². The maximum Gasteiger partial charge on any atom is 0.242 e. The van der Waals surface area contributed by atoms with E-state index >= 15 is 0 Å². The number of H-pyrrole nitrogens is 1. The van der Waals surface area contributed by atoms with Crippen molar-refractivity contribution in [2.75, 3.05) is 37.6 Å². The molecule has 0 radical (unpaired) electrons. The van der Waals surface area contributed by atoms with Gasteiger partial charge in [-0.3, -0.25) is 0 Å². The molecule has 3 rings (SSSR count). The molecule has 1 atom stereocenters. The molecular weight excluding hydrogens is 462 g/mol. The summed E-state index contributed by atoms with van der Waals surface area (Å²) >= 11 is 0. The van der Waals surface area contributed by atoms with Crippen molar-refractivity contribution in [1.82, 2.24) is 25.3 Å². The van der Waals surface area contributed by atoms with Crippen LogP contribution in [0.4, 0.5) is 5.69 Å². The van der Waals surface area contributed by atoms with Gasteiger partial charge in [0.2, 0.25) is 25.9 Å². The van der Waals surface area contributed by atoms with Gasteiger partial charge in [-0.2, -0.15) is 5.21 Å². The van der Waals surface area contributed by atoms with Gasteiger partial charge in [-0.15, -0.1) is 10.2 Å². The SMILES string of the molecule is NCC1=CCN(c2ccc(S(=O)(=O)NCC(O)CN)c(S(N)(=O)=O)c2-c2nn[nH]n2)CC1. The molecule has 9 N–H and O–H groups in total. The smallest absolute Gasteiger partial charge is 0.242 e. The molecule has 1 aromatic heterocycles. The number of hydrogen-bond donors (Lipinski definition) is 6. The van der Waals surface area contributed by atoms with E-state index in [1.807, 2.05) is 11.0 Å². The highest BCUT2D eigenvalue weighted by Crippen LogP contribution is 2.39. The predicted octanol–water partition coefficient (Wildman–Crippen LogP) is -2.79. The van der Waals surface area contributed by atoms with Crippen LogP contribution in [0, 0.1) is 0 Å². The van der Waals surface area contributed by atoms with Crippen molar-refractivity contribution in [2.24, 2.45) is 16.6 Å². The summed E-state index contributed by atoms with van der Waals surface area (Å²) in [6.45, 7) is 0.719. The summed E-state index contributed by atoms with van der Waals surface area (Å²) in [4.78, 5) is 0.546. The zero-order valence-corrected chi connectivity index (χ0v) is 18.6. The lowest BCUT2D eigenvalue weighted by molar-refractivity contribution is 0.186. The van der Waals surface area contributed by atoms with E-state index in [-0.39, 0.29) is 17.9 Å². The number of aromatic amines is 1. The number of nitrogens with zero attached hydrogens (tertiary/aromatic N) is 4. The molecule has 0 amide bonds. The molecule has 0 aliphatic carbocycles. The minimum absolute atomic E-state index is 0.104. The Morgan fingerprint density at radius 2 is 2.00 bits per heavy atom. The van der Waals surface area contributed by atoms with Gasteiger partial charge in [0.25, 0.3) is 0 Å². The fourth-order valence-electron chi connectivity index (χ4n) is 3.28. The molecule has 0 bridgehead atoms. The Kier molecular flexibility index (Phi) is 7.23. The average Bonchev–Trinajstić information content (AvgIpc) is 3.30. The molecule has 176 valence electrons. The molecule has 2 aromatic rings. The first-order chi connectivity index (χ1) is 15.1. The largest absolute Gasteiger partial charge is 0.390 e. The summed E-state index contributed by atoms with van der Waals surface area (Å²) in [5, 5.41) is 28.5. The third kappa shape index (κ3) is 5.12. The highest BCUT2D eigenvalue weighted by Gasteiger charge is 2.33. The lowest BCUT2D eigenvalue weighted by Crippen LogP contribution is -2.37. The van der Waals surface area contributed by atoms with Crippen LogP contribution in [0.2, 0.25) is 0 Å². The zero-order valence-electron chi connectivity index (χ0n) is 17.0. The minimum Gasteiger partial charge on any atom is -0.390 e. The number of tetrazole rings is 1. The molecule has 1 unspecified atom stereocenters. The number of aromatic nitrogens is 4. The number of nitrogens with one attached hydrogen (secondary N) is 2. The Labute approximate surface area is 184 Å². The Bertz CT molecular complexity index is 1200. The topological polar surface area (TPSA) is 236 Å². The molecule has 0 spiro atoms. The Morgan fingerprint density at radius 3 is 2.53 bits per heavy atom. The van der Waals surface area contributed by atoms with Crippen molar-refractivity contribution in [3.05, 3.63) is 23.8 Å². The molecule has 1 aliphatic heterocycles. The van der Waals surface area contributed by atoms with E-state index in [1.54, 1.807) is 0 Å². The Balaban J connectivity index is 2.22. The molecule has 32 heavy (non-hydrogen) atoms. The van der Waals surface area contributed by atoms with Crippen molar-refractivity contribution in [1.29, 1.82) is 0 Å². The summed E-state index contributed by atoms with van der Waals surface area (Å²) in [5.41, 5.74) is 12.3. The number of benzene rings is 1. The van der Waals surface area contributed by atoms with Crippen LogP contribution in [0.3, 0.4) is 0 Å². The monoisotopic (exact) mass is 487 g/mol. The summed E-state index contributed by atoms with van der Waals surface area (Å²) < 4.78 is 53.3. The van der Waals surface area contributed by atoms with Gasteiger partial charge in [0.15, 0.2) is 0 Å². The van der Waals surface area contributed by atoms with E-state index in [9.17, 15) is 21.9 Å². The fraction of sp³-hybridized carbons (Fsp3) is 0.438. The van der Waals surface area contributed by atoms with E-state index in [4.69, 9.17) is 16.6 Å². The number of aliphatic hydroxyl groups excluding tert-OH is 1. The van der Waals surface area contributed by atoms with Crippen LogP contribution in [0.25, 0.3) is 11.4 Å². The first-order valence-electron chi connectivity index (χ1n) is 9.52. The minimum atomic E-state index is -4.58. The van der Waals surface area contributed by atoms with Gasteiger partial charge >= 0.3 is 0 Å². The van der Waals surface area contributed by atoms with E-state index in [0.717, 1.165) is 11.6 Å². The lowest BCUT2D eigenvalue weighted by atomic mass is 10.1. The third-order valence-electron chi connectivity index (χ3n) is 4.93. The molecule has 1 aromatic carbocycles. The molecule has 2 heterocycles. The van der Waals surface area contributed by atoms with Crippen molar-refractivity contribution in [3.8, 4) is 11.4 Å². The van der Waals surface area contributed by atoms with Crippen LogP contribution in [0.15, 0.2) is 33.6 Å². The summed E-state index contributed by atoms with van der Waals surface area (Å²) in [7, 11) is -9.00. The summed E-state index contributed by atoms with van der Waals surface area (Å²) in [6.07, 6.45) is 1.40. The van der Waals surface area contributed by atoms with Gasteiger partial charge < -0.3 is 21.5 Å². The molecule has 16 heteroatoms. The van der Waals surface area contributed by atoms with Gasteiger partial charge in [-0.1, -0.05) is 11.6 Å². The predicted molar refractivity (Wildman–Crippen MR) is 115 cm³/mol. The van der Waals surface area contributed by atoms with Gasteiger partial charge in [-0.05, 0) is 23.8 Å².